The highest BCUT2D eigenvalue weighted by Crippen LogP contribution is 2.23. The Balaban J connectivity index is 2.12. The molecule has 146 valence electrons. The zero-order chi connectivity index (χ0) is 20.0. The smallest absolute Gasteiger partial charge is 0.245 e. The number of carbonyl (C=O) groups excluding carboxylic acids is 1. The molecule has 0 radical (unpaired) electrons. The fourth-order valence-corrected chi connectivity index (χ4v) is 3.85. The van der Waals surface area contributed by atoms with Crippen molar-refractivity contribution in [2.24, 2.45) is 0 Å². The minimum absolute atomic E-state index is 0.264. The Morgan fingerprint density at radius 2 is 1.74 bits per heavy atom. The van der Waals surface area contributed by atoms with Gasteiger partial charge in [-0.05, 0) is 56.0 Å². The SMILES string of the molecule is CCCCc1ccc(NC(=O)CN(c2ccc(C)cc2C)S(C)(=O)=O)cc1. The second kappa shape index (κ2) is 9.04. The van der Waals surface area contributed by atoms with Crippen molar-refractivity contribution in [3.05, 3.63) is 59.2 Å². The van der Waals surface area contributed by atoms with Gasteiger partial charge in [0.1, 0.15) is 6.54 Å². The van der Waals surface area contributed by atoms with Crippen LogP contribution in [0, 0.1) is 13.8 Å². The van der Waals surface area contributed by atoms with Crippen molar-refractivity contribution in [1.29, 1.82) is 0 Å². The van der Waals surface area contributed by atoms with Gasteiger partial charge in [0.2, 0.25) is 15.9 Å². The summed E-state index contributed by atoms with van der Waals surface area (Å²) in [6.45, 7) is 5.67. The maximum Gasteiger partial charge on any atom is 0.245 e. The van der Waals surface area contributed by atoms with Crippen LogP contribution in [-0.2, 0) is 21.2 Å². The van der Waals surface area contributed by atoms with Crippen LogP contribution in [-0.4, -0.2) is 27.1 Å². The third-order valence-corrected chi connectivity index (χ3v) is 5.49. The summed E-state index contributed by atoms with van der Waals surface area (Å²) >= 11 is 0. The normalized spacial score (nSPS) is 11.3. The van der Waals surface area contributed by atoms with Crippen molar-refractivity contribution in [3.63, 3.8) is 0 Å². The molecular weight excluding hydrogens is 360 g/mol. The van der Waals surface area contributed by atoms with Crippen LogP contribution in [0.1, 0.15) is 36.5 Å². The van der Waals surface area contributed by atoms with Crippen LogP contribution in [0.2, 0.25) is 0 Å². The standard InChI is InChI=1S/C21H28N2O3S/c1-5-6-7-18-9-11-19(12-10-18)22-21(24)15-23(27(4,25)26)20-13-8-16(2)14-17(20)3/h8-14H,5-7,15H2,1-4H3,(H,22,24). The zero-order valence-corrected chi connectivity index (χ0v) is 17.3. The summed E-state index contributed by atoms with van der Waals surface area (Å²) < 4.78 is 25.6. The number of nitrogens with zero attached hydrogens (tertiary/aromatic N) is 1. The molecule has 0 aromatic heterocycles. The van der Waals surface area contributed by atoms with E-state index in [0.29, 0.717) is 11.4 Å². The van der Waals surface area contributed by atoms with Crippen LogP contribution < -0.4 is 9.62 Å². The van der Waals surface area contributed by atoms with Gasteiger partial charge >= 0.3 is 0 Å². The fraction of sp³-hybridized carbons (Fsp3) is 0.381. The van der Waals surface area contributed by atoms with E-state index in [4.69, 9.17) is 0 Å². The third-order valence-electron chi connectivity index (χ3n) is 4.37. The number of rotatable bonds is 8. The largest absolute Gasteiger partial charge is 0.325 e. The summed E-state index contributed by atoms with van der Waals surface area (Å²) in [5, 5.41) is 2.78. The number of aryl methyl sites for hydroxylation is 3. The molecule has 27 heavy (non-hydrogen) atoms. The van der Waals surface area contributed by atoms with Gasteiger partial charge in [0.15, 0.2) is 0 Å². The molecule has 0 heterocycles. The molecule has 0 fully saturated rings. The van der Waals surface area contributed by atoms with Crippen molar-refractivity contribution in [1.82, 2.24) is 0 Å². The monoisotopic (exact) mass is 388 g/mol. The third kappa shape index (κ3) is 6.10. The Hall–Kier alpha value is -2.34. The summed E-state index contributed by atoms with van der Waals surface area (Å²) in [5.41, 5.74) is 4.26. The first-order valence-electron chi connectivity index (χ1n) is 9.14. The first-order chi connectivity index (χ1) is 12.7. The van der Waals surface area contributed by atoms with Crippen LogP contribution in [0.5, 0.6) is 0 Å². The molecule has 0 saturated heterocycles. The second-order valence-electron chi connectivity index (χ2n) is 6.91. The summed E-state index contributed by atoms with van der Waals surface area (Å²) in [6, 6.07) is 13.2. The molecule has 0 atom stereocenters. The zero-order valence-electron chi connectivity index (χ0n) is 16.5. The maximum absolute atomic E-state index is 12.5. The first kappa shape index (κ1) is 21.0. The predicted molar refractivity (Wildman–Crippen MR) is 112 cm³/mol. The van der Waals surface area contributed by atoms with E-state index in [1.54, 1.807) is 6.07 Å². The molecule has 0 aliphatic carbocycles. The highest BCUT2D eigenvalue weighted by Gasteiger charge is 2.22. The molecule has 0 aliphatic rings. The average Bonchev–Trinajstić information content (AvgIpc) is 2.59. The van der Waals surface area contributed by atoms with Crippen molar-refractivity contribution in [2.75, 3.05) is 22.4 Å². The lowest BCUT2D eigenvalue weighted by molar-refractivity contribution is -0.114. The number of hydrogen-bond donors (Lipinski definition) is 1. The molecule has 2 aromatic carbocycles. The van der Waals surface area contributed by atoms with Crippen LogP contribution in [0.25, 0.3) is 0 Å². The van der Waals surface area contributed by atoms with E-state index in [1.165, 1.54) is 5.56 Å². The van der Waals surface area contributed by atoms with E-state index < -0.39 is 10.0 Å². The van der Waals surface area contributed by atoms with Crippen LogP contribution in [0.4, 0.5) is 11.4 Å². The van der Waals surface area contributed by atoms with Gasteiger partial charge in [-0.15, -0.1) is 0 Å². The number of hydrogen-bond acceptors (Lipinski definition) is 3. The number of sulfonamides is 1. The fourth-order valence-electron chi connectivity index (χ4n) is 2.93. The van der Waals surface area contributed by atoms with Crippen LogP contribution >= 0.6 is 0 Å². The van der Waals surface area contributed by atoms with Crippen molar-refractivity contribution >= 4 is 27.3 Å². The lowest BCUT2D eigenvalue weighted by atomic mass is 10.1. The van der Waals surface area contributed by atoms with E-state index in [-0.39, 0.29) is 12.5 Å². The molecular formula is C21H28N2O3S. The van der Waals surface area contributed by atoms with Crippen molar-refractivity contribution < 1.29 is 13.2 Å². The molecule has 0 aliphatic heterocycles. The maximum atomic E-state index is 12.5. The van der Waals surface area contributed by atoms with Gasteiger partial charge in [0.05, 0.1) is 11.9 Å². The molecule has 6 heteroatoms. The number of carbonyl (C=O) groups is 1. The van der Waals surface area contributed by atoms with Gasteiger partial charge in [-0.25, -0.2) is 8.42 Å². The molecule has 0 saturated carbocycles. The molecule has 2 aromatic rings. The lowest BCUT2D eigenvalue weighted by Crippen LogP contribution is -2.37. The number of anilines is 2. The Labute approximate surface area is 162 Å². The highest BCUT2D eigenvalue weighted by molar-refractivity contribution is 7.92. The van der Waals surface area contributed by atoms with Gasteiger partial charge in [-0.1, -0.05) is 43.2 Å². The summed E-state index contributed by atoms with van der Waals surface area (Å²) in [4.78, 5) is 12.5. The molecule has 0 spiro atoms. The van der Waals surface area contributed by atoms with Gasteiger partial charge < -0.3 is 5.32 Å². The van der Waals surface area contributed by atoms with Crippen LogP contribution in [0.3, 0.4) is 0 Å². The van der Waals surface area contributed by atoms with Gasteiger partial charge in [0, 0.05) is 5.69 Å². The summed E-state index contributed by atoms with van der Waals surface area (Å²) in [6.07, 6.45) is 4.39. The van der Waals surface area contributed by atoms with Gasteiger partial charge in [-0.2, -0.15) is 0 Å². The number of amides is 1. The van der Waals surface area contributed by atoms with Gasteiger partial charge in [-0.3, -0.25) is 9.10 Å². The van der Waals surface area contributed by atoms with Crippen molar-refractivity contribution in [2.45, 2.75) is 40.0 Å². The topological polar surface area (TPSA) is 66.5 Å². The Morgan fingerprint density at radius 3 is 2.30 bits per heavy atom. The minimum atomic E-state index is -3.59. The average molecular weight is 389 g/mol. The Morgan fingerprint density at radius 1 is 1.07 bits per heavy atom. The molecule has 0 bridgehead atoms. The summed E-state index contributed by atoms with van der Waals surface area (Å²) in [5.74, 6) is -0.373. The van der Waals surface area contributed by atoms with E-state index in [0.717, 1.165) is 41.0 Å². The van der Waals surface area contributed by atoms with E-state index in [1.807, 2.05) is 50.2 Å². The van der Waals surface area contributed by atoms with Crippen molar-refractivity contribution in [3.8, 4) is 0 Å². The highest BCUT2D eigenvalue weighted by atomic mass is 32.2. The Bertz CT molecular complexity index is 890. The van der Waals surface area contributed by atoms with Crippen LogP contribution in [0.15, 0.2) is 42.5 Å². The number of benzene rings is 2. The number of unbranched alkanes of at least 4 members (excludes halogenated alkanes) is 1. The Kier molecular flexibility index (Phi) is 7.02. The molecule has 2 rings (SSSR count). The lowest BCUT2D eigenvalue weighted by Gasteiger charge is -2.24. The molecule has 1 N–H and O–H groups in total. The molecule has 1 amide bonds. The quantitative estimate of drug-likeness (QED) is 0.742. The summed E-state index contributed by atoms with van der Waals surface area (Å²) in [7, 11) is -3.59. The molecule has 5 nitrogen and oxygen atoms in total. The van der Waals surface area contributed by atoms with E-state index in [2.05, 4.69) is 12.2 Å². The van der Waals surface area contributed by atoms with E-state index in [9.17, 15) is 13.2 Å². The number of nitrogens with one attached hydrogen (secondary N) is 1. The molecule has 0 unspecified atom stereocenters. The minimum Gasteiger partial charge on any atom is -0.325 e. The second-order valence-corrected chi connectivity index (χ2v) is 8.82. The predicted octanol–water partition coefficient (Wildman–Crippen LogP) is 4.05. The van der Waals surface area contributed by atoms with E-state index >= 15 is 0 Å². The van der Waals surface area contributed by atoms with Gasteiger partial charge in [0.25, 0.3) is 0 Å². The first-order valence-corrected chi connectivity index (χ1v) is 11.0.